The molecule has 4 heterocycles. The van der Waals surface area contributed by atoms with E-state index < -0.39 is 17.2 Å². The zero-order valence-corrected chi connectivity index (χ0v) is 22.9. The lowest BCUT2D eigenvalue weighted by atomic mass is 10.0. The molecule has 0 aliphatic carbocycles. The fraction of sp³-hybridized carbons (Fsp3) is 0.125. The Morgan fingerprint density at radius 1 is 0.976 bits per heavy atom. The molecular weight excluding hydrogens is 537 g/mol. The topological polar surface area (TPSA) is 92.6 Å². The Bertz CT molecular complexity index is 1960. The molecule has 2 aromatic carbocycles. The van der Waals surface area contributed by atoms with E-state index in [0.717, 1.165) is 16.8 Å². The number of hydrogen-bond donors (Lipinski definition) is 0. The van der Waals surface area contributed by atoms with Gasteiger partial charge in [-0.3, -0.25) is 14.2 Å². The van der Waals surface area contributed by atoms with Gasteiger partial charge >= 0.3 is 0 Å². The van der Waals surface area contributed by atoms with Crippen LogP contribution < -0.4 is 15.0 Å². The van der Waals surface area contributed by atoms with E-state index >= 15 is 0 Å². The highest BCUT2D eigenvalue weighted by atomic mass is 19.1. The summed E-state index contributed by atoms with van der Waals surface area (Å²) in [5.74, 6) is 0.574. The summed E-state index contributed by atoms with van der Waals surface area (Å²) in [4.78, 5) is 31.2. The predicted octanol–water partition coefficient (Wildman–Crippen LogP) is 5.64. The normalized spacial score (nSPS) is 11.1. The number of aryl methyl sites for hydroxylation is 1. The standard InChI is InChI=1S/C32H26FN5O4/c1-3-41-29-13-15-37(24-8-6-23(33)7-9-24)32(40)31(29)28(39)16-21-4-10-25(11-5-21)42-30-17-22(26-19-36(2)20-34-26)18-38-27(30)12-14-35-38/h4-15,17-20H,3,16H2,1-2H3. The summed E-state index contributed by atoms with van der Waals surface area (Å²) in [6.07, 6.45) is 8.73. The second-order valence-electron chi connectivity index (χ2n) is 9.66. The average Bonchev–Trinajstić information content (AvgIpc) is 3.64. The van der Waals surface area contributed by atoms with Crippen LogP contribution in [-0.4, -0.2) is 36.1 Å². The maximum atomic E-state index is 13.4. The Morgan fingerprint density at radius 2 is 1.76 bits per heavy atom. The Morgan fingerprint density at radius 3 is 2.48 bits per heavy atom. The van der Waals surface area contributed by atoms with Crippen LogP contribution in [0, 0.1) is 5.82 Å². The van der Waals surface area contributed by atoms with Crippen molar-refractivity contribution in [3.63, 3.8) is 0 Å². The molecule has 0 atom stereocenters. The minimum absolute atomic E-state index is 0.0228. The Kier molecular flexibility index (Phi) is 7.10. The fourth-order valence-electron chi connectivity index (χ4n) is 4.71. The lowest BCUT2D eigenvalue weighted by molar-refractivity contribution is 0.0987. The molecule has 0 N–H and O–H groups in total. The number of benzene rings is 2. The monoisotopic (exact) mass is 563 g/mol. The van der Waals surface area contributed by atoms with Gasteiger partial charge in [-0.25, -0.2) is 13.9 Å². The van der Waals surface area contributed by atoms with Crippen LogP contribution in [0.2, 0.25) is 0 Å². The summed E-state index contributed by atoms with van der Waals surface area (Å²) in [6.45, 7) is 2.07. The number of hydrogen-bond acceptors (Lipinski definition) is 6. The highest BCUT2D eigenvalue weighted by molar-refractivity contribution is 5.99. The molecule has 4 aromatic heterocycles. The second-order valence-corrected chi connectivity index (χ2v) is 9.66. The van der Waals surface area contributed by atoms with Gasteiger partial charge in [-0.15, -0.1) is 0 Å². The molecule has 0 aliphatic rings. The number of carbonyl (C=O) groups excluding carboxylic acids is 1. The lowest BCUT2D eigenvalue weighted by Crippen LogP contribution is -2.26. The van der Waals surface area contributed by atoms with Gasteiger partial charge in [0, 0.05) is 43.3 Å². The van der Waals surface area contributed by atoms with Crippen molar-refractivity contribution in [1.29, 1.82) is 0 Å². The second kappa shape index (κ2) is 11.2. The highest BCUT2D eigenvalue weighted by Gasteiger charge is 2.20. The zero-order chi connectivity index (χ0) is 29.2. The molecular formula is C32H26FN5O4. The number of pyridine rings is 2. The molecule has 42 heavy (non-hydrogen) atoms. The maximum absolute atomic E-state index is 13.4. The molecule has 6 aromatic rings. The lowest BCUT2D eigenvalue weighted by Gasteiger charge is -2.13. The quantitative estimate of drug-likeness (QED) is 0.211. The number of halogens is 1. The van der Waals surface area contributed by atoms with Gasteiger partial charge in [0.1, 0.15) is 28.4 Å². The Balaban J connectivity index is 1.25. The van der Waals surface area contributed by atoms with Gasteiger partial charge in [0.05, 0.1) is 24.8 Å². The average molecular weight is 564 g/mol. The van der Waals surface area contributed by atoms with E-state index in [4.69, 9.17) is 9.47 Å². The number of ketones is 1. The molecule has 210 valence electrons. The SMILES string of the molecule is CCOc1ccn(-c2ccc(F)cc2)c(=O)c1C(=O)Cc1ccc(Oc2cc(-c3cn(C)cn3)cn3nccc23)cc1. The smallest absolute Gasteiger partial charge is 0.269 e. The molecule has 0 amide bonds. The van der Waals surface area contributed by atoms with Crippen LogP contribution in [0.15, 0.2) is 103 Å². The minimum Gasteiger partial charge on any atom is -0.493 e. The molecule has 0 aliphatic heterocycles. The highest BCUT2D eigenvalue weighted by Crippen LogP contribution is 2.31. The number of aromatic nitrogens is 5. The Hall–Kier alpha value is -5.51. The number of ether oxygens (including phenoxy) is 2. The van der Waals surface area contributed by atoms with Crippen molar-refractivity contribution in [3.8, 4) is 34.2 Å². The predicted molar refractivity (Wildman–Crippen MR) is 155 cm³/mol. The third kappa shape index (κ3) is 5.29. The van der Waals surface area contributed by atoms with Crippen LogP contribution in [0.4, 0.5) is 4.39 Å². The number of rotatable bonds is 9. The van der Waals surface area contributed by atoms with Crippen LogP contribution in [0.3, 0.4) is 0 Å². The summed E-state index contributed by atoms with van der Waals surface area (Å²) in [5.41, 5.74) is 2.98. The molecule has 10 heteroatoms. The molecule has 0 radical (unpaired) electrons. The van der Waals surface area contributed by atoms with E-state index in [1.54, 1.807) is 54.3 Å². The van der Waals surface area contributed by atoms with E-state index in [0.29, 0.717) is 22.7 Å². The number of imidazole rings is 1. The maximum Gasteiger partial charge on any atom is 0.269 e. The largest absolute Gasteiger partial charge is 0.493 e. The summed E-state index contributed by atoms with van der Waals surface area (Å²) in [5, 5.41) is 4.36. The molecule has 0 bridgehead atoms. The van der Waals surface area contributed by atoms with Crippen LogP contribution in [0.5, 0.6) is 17.2 Å². The van der Waals surface area contributed by atoms with E-state index in [1.165, 1.54) is 35.0 Å². The molecule has 0 saturated heterocycles. The van der Waals surface area contributed by atoms with Crippen LogP contribution in [0.25, 0.3) is 22.5 Å². The number of nitrogens with zero attached hydrogens (tertiary/aromatic N) is 5. The summed E-state index contributed by atoms with van der Waals surface area (Å²) in [7, 11) is 1.91. The number of Topliss-reactive ketones (excluding diaryl/α,β-unsaturated/α-hetero) is 1. The first-order valence-corrected chi connectivity index (χ1v) is 13.3. The van der Waals surface area contributed by atoms with Gasteiger partial charge in [0.15, 0.2) is 11.5 Å². The van der Waals surface area contributed by atoms with E-state index in [9.17, 15) is 14.0 Å². The molecule has 6 rings (SSSR count). The number of fused-ring (bicyclic) bond motifs is 1. The molecule has 0 spiro atoms. The molecule has 0 unspecified atom stereocenters. The van der Waals surface area contributed by atoms with Gasteiger partial charge in [-0.2, -0.15) is 5.10 Å². The van der Waals surface area contributed by atoms with E-state index in [-0.39, 0.29) is 24.3 Å². The summed E-state index contributed by atoms with van der Waals surface area (Å²) >= 11 is 0. The Labute approximate surface area is 240 Å². The first kappa shape index (κ1) is 26.7. The first-order valence-electron chi connectivity index (χ1n) is 13.3. The van der Waals surface area contributed by atoms with Crippen LogP contribution >= 0.6 is 0 Å². The molecule has 0 saturated carbocycles. The molecule has 9 nitrogen and oxygen atoms in total. The fourth-order valence-corrected chi connectivity index (χ4v) is 4.71. The van der Waals surface area contributed by atoms with Crippen molar-refractivity contribution in [3.05, 3.63) is 125 Å². The van der Waals surface area contributed by atoms with Gasteiger partial charge in [-0.1, -0.05) is 12.1 Å². The van der Waals surface area contributed by atoms with Crippen molar-refractivity contribution < 1.29 is 18.7 Å². The van der Waals surface area contributed by atoms with Crippen LogP contribution in [0.1, 0.15) is 22.8 Å². The van der Waals surface area contributed by atoms with Gasteiger partial charge in [0.25, 0.3) is 5.56 Å². The summed E-state index contributed by atoms with van der Waals surface area (Å²) < 4.78 is 30.2. The van der Waals surface area contributed by atoms with Gasteiger partial charge in [-0.05, 0) is 67.1 Å². The minimum atomic E-state index is -0.532. The van der Waals surface area contributed by atoms with Crippen molar-refractivity contribution in [2.24, 2.45) is 7.05 Å². The third-order valence-electron chi connectivity index (χ3n) is 6.72. The van der Waals surface area contributed by atoms with Gasteiger partial charge in [0.2, 0.25) is 0 Å². The number of carbonyl (C=O) groups is 1. The first-order chi connectivity index (χ1) is 20.4. The van der Waals surface area contributed by atoms with Crippen molar-refractivity contribution >= 4 is 11.3 Å². The van der Waals surface area contributed by atoms with Crippen LogP contribution in [-0.2, 0) is 13.5 Å². The van der Waals surface area contributed by atoms with Crippen molar-refractivity contribution in [1.82, 2.24) is 23.7 Å². The van der Waals surface area contributed by atoms with Crippen molar-refractivity contribution in [2.75, 3.05) is 6.61 Å². The van der Waals surface area contributed by atoms with Crippen molar-refractivity contribution in [2.45, 2.75) is 13.3 Å². The third-order valence-corrected chi connectivity index (χ3v) is 6.72. The molecule has 0 fully saturated rings. The zero-order valence-electron chi connectivity index (χ0n) is 22.9. The summed E-state index contributed by atoms with van der Waals surface area (Å²) in [6, 6.07) is 17.9. The van der Waals surface area contributed by atoms with E-state index in [2.05, 4.69) is 10.1 Å². The van der Waals surface area contributed by atoms with Gasteiger partial charge < -0.3 is 14.0 Å². The van der Waals surface area contributed by atoms with E-state index in [1.807, 2.05) is 36.1 Å².